The Bertz CT molecular complexity index is 1140. The molecule has 31 heavy (non-hydrogen) atoms. The van der Waals surface area contributed by atoms with Gasteiger partial charge in [-0.05, 0) is 48.4 Å². The normalized spacial score (nSPS) is 11.7. The van der Waals surface area contributed by atoms with Crippen molar-refractivity contribution in [3.63, 3.8) is 0 Å². The average Bonchev–Trinajstić information content (AvgIpc) is 3.30. The molecule has 2 N–H and O–H groups in total. The van der Waals surface area contributed by atoms with Crippen LogP contribution in [0.25, 0.3) is 0 Å². The number of nitrogens with one attached hydrogen (secondary N) is 2. The lowest BCUT2D eigenvalue weighted by Crippen LogP contribution is -2.12. The predicted octanol–water partition coefficient (Wildman–Crippen LogP) is 5.41. The van der Waals surface area contributed by atoms with Crippen molar-refractivity contribution in [1.29, 1.82) is 0 Å². The highest BCUT2D eigenvalue weighted by Gasteiger charge is 2.11. The van der Waals surface area contributed by atoms with E-state index in [2.05, 4.69) is 39.8 Å². The topological polar surface area (TPSA) is 71.8 Å². The van der Waals surface area contributed by atoms with Gasteiger partial charge in [-0.15, -0.1) is 0 Å². The van der Waals surface area contributed by atoms with Crippen LogP contribution in [-0.2, 0) is 6.54 Å². The maximum Gasteiger partial charge on any atom is 0.255 e. The molecule has 0 radical (unpaired) electrons. The number of hydrogen-bond donors (Lipinski definition) is 2. The van der Waals surface area contributed by atoms with E-state index in [9.17, 15) is 4.79 Å². The molecule has 4 aromatic rings. The number of rotatable bonds is 7. The summed E-state index contributed by atoms with van der Waals surface area (Å²) in [5.74, 6) is -0.193. The van der Waals surface area contributed by atoms with Crippen LogP contribution in [0.5, 0.6) is 0 Å². The molecule has 7 heteroatoms. The Morgan fingerprint density at radius 2 is 1.84 bits per heavy atom. The molecule has 1 aromatic heterocycles. The Hall–Kier alpha value is -3.64. The number of carbonyl (C=O) groups is 1. The van der Waals surface area contributed by atoms with Crippen LogP contribution in [0, 0.1) is 0 Å². The van der Waals surface area contributed by atoms with Crippen LogP contribution in [0.3, 0.4) is 0 Å². The lowest BCUT2D eigenvalue weighted by atomic mass is 10.1. The highest BCUT2D eigenvalue weighted by atomic mass is 35.5. The number of anilines is 2. The van der Waals surface area contributed by atoms with Crippen LogP contribution in [0.4, 0.5) is 11.4 Å². The second-order valence-corrected chi connectivity index (χ2v) is 7.62. The van der Waals surface area contributed by atoms with Gasteiger partial charge in [-0.2, -0.15) is 5.10 Å². The van der Waals surface area contributed by atoms with Crippen LogP contribution in [0.2, 0.25) is 5.02 Å². The summed E-state index contributed by atoms with van der Waals surface area (Å²) in [4.78, 5) is 16.5. The first-order valence-electron chi connectivity index (χ1n) is 9.92. The van der Waals surface area contributed by atoms with E-state index in [4.69, 9.17) is 11.6 Å². The first kappa shape index (κ1) is 20.6. The van der Waals surface area contributed by atoms with Gasteiger partial charge in [-0.1, -0.05) is 54.1 Å². The Labute approximate surface area is 185 Å². The minimum Gasteiger partial charge on any atom is -0.377 e. The molecule has 3 aromatic carbocycles. The largest absolute Gasteiger partial charge is 0.377 e. The van der Waals surface area contributed by atoms with Crippen LogP contribution >= 0.6 is 11.6 Å². The number of amides is 1. The van der Waals surface area contributed by atoms with Crippen LogP contribution < -0.4 is 10.6 Å². The van der Waals surface area contributed by atoms with E-state index in [-0.39, 0.29) is 11.9 Å². The van der Waals surface area contributed by atoms with E-state index in [1.54, 1.807) is 29.2 Å². The van der Waals surface area contributed by atoms with Crippen LogP contribution in [0.15, 0.2) is 85.5 Å². The molecule has 0 aliphatic rings. The molecule has 1 amide bonds. The number of aromatic nitrogens is 3. The van der Waals surface area contributed by atoms with Gasteiger partial charge in [-0.25, -0.2) is 9.67 Å². The van der Waals surface area contributed by atoms with E-state index in [0.717, 1.165) is 11.3 Å². The van der Waals surface area contributed by atoms with E-state index < -0.39 is 0 Å². The molecule has 0 aliphatic heterocycles. The highest BCUT2D eigenvalue weighted by molar-refractivity contribution is 6.33. The van der Waals surface area contributed by atoms with Crippen molar-refractivity contribution < 1.29 is 4.79 Å². The van der Waals surface area contributed by atoms with E-state index in [1.807, 2.05) is 42.5 Å². The van der Waals surface area contributed by atoms with E-state index in [1.165, 1.54) is 11.9 Å². The summed E-state index contributed by atoms with van der Waals surface area (Å²) in [5.41, 5.74) is 4.22. The zero-order chi connectivity index (χ0) is 21.6. The van der Waals surface area contributed by atoms with Crippen molar-refractivity contribution in [2.75, 3.05) is 10.6 Å². The molecule has 1 unspecified atom stereocenters. The molecule has 0 saturated carbocycles. The quantitative estimate of drug-likeness (QED) is 0.410. The third kappa shape index (κ3) is 5.29. The Morgan fingerprint density at radius 1 is 1.06 bits per heavy atom. The van der Waals surface area contributed by atoms with Crippen molar-refractivity contribution >= 4 is 28.9 Å². The van der Waals surface area contributed by atoms with Crippen molar-refractivity contribution in [3.05, 3.63) is 107 Å². The Morgan fingerprint density at radius 3 is 2.52 bits per heavy atom. The molecule has 1 atom stereocenters. The van der Waals surface area contributed by atoms with Crippen molar-refractivity contribution in [3.8, 4) is 0 Å². The van der Waals surface area contributed by atoms with Gasteiger partial charge in [0.05, 0.1) is 17.3 Å². The van der Waals surface area contributed by atoms with Crippen LogP contribution in [-0.4, -0.2) is 20.7 Å². The second-order valence-electron chi connectivity index (χ2n) is 7.22. The summed E-state index contributed by atoms with van der Waals surface area (Å²) in [7, 11) is 0. The van der Waals surface area contributed by atoms with Gasteiger partial charge in [0.25, 0.3) is 5.91 Å². The van der Waals surface area contributed by atoms with Gasteiger partial charge in [0, 0.05) is 17.3 Å². The van der Waals surface area contributed by atoms with E-state index >= 15 is 0 Å². The summed E-state index contributed by atoms with van der Waals surface area (Å²) in [6.45, 7) is 2.68. The molecule has 0 aliphatic carbocycles. The molecular formula is C24H22ClN5O. The van der Waals surface area contributed by atoms with Crippen molar-refractivity contribution in [2.24, 2.45) is 0 Å². The second kappa shape index (κ2) is 9.45. The molecule has 156 valence electrons. The number of nitrogens with zero attached hydrogens (tertiary/aromatic N) is 3. The van der Waals surface area contributed by atoms with Gasteiger partial charge in [0.2, 0.25) is 0 Å². The summed E-state index contributed by atoms with van der Waals surface area (Å²) in [6, 6.07) is 23.1. The van der Waals surface area contributed by atoms with E-state index in [0.29, 0.717) is 22.8 Å². The maximum atomic E-state index is 12.6. The average molecular weight is 432 g/mol. The zero-order valence-electron chi connectivity index (χ0n) is 17.0. The van der Waals surface area contributed by atoms with Gasteiger partial charge in [-0.3, -0.25) is 4.79 Å². The first-order chi connectivity index (χ1) is 15.1. The zero-order valence-corrected chi connectivity index (χ0v) is 17.8. The molecule has 6 nitrogen and oxygen atoms in total. The molecule has 0 saturated heterocycles. The number of carbonyl (C=O) groups excluding carboxylic acids is 1. The third-order valence-corrected chi connectivity index (χ3v) is 5.24. The molecule has 0 fully saturated rings. The minimum atomic E-state index is -0.193. The fourth-order valence-corrected chi connectivity index (χ4v) is 3.47. The predicted molar refractivity (Wildman–Crippen MR) is 123 cm³/mol. The number of halogens is 1. The van der Waals surface area contributed by atoms with Gasteiger partial charge < -0.3 is 10.6 Å². The molecule has 0 bridgehead atoms. The lowest BCUT2D eigenvalue weighted by molar-refractivity contribution is 0.102. The summed E-state index contributed by atoms with van der Waals surface area (Å²) < 4.78 is 1.73. The molecule has 1 heterocycles. The number of benzene rings is 3. The summed E-state index contributed by atoms with van der Waals surface area (Å²) >= 11 is 6.45. The SMILES string of the molecule is CC(Nc1ccc(NC(=O)c2ccc(Cn3cncn3)cc2)cc1Cl)c1ccccc1. The summed E-state index contributed by atoms with van der Waals surface area (Å²) in [6.07, 6.45) is 3.15. The summed E-state index contributed by atoms with van der Waals surface area (Å²) in [5, 5.41) is 10.9. The molecular weight excluding hydrogens is 410 g/mol. The highest BCUT2D eigenvalue weighted by Crippen LogP contribution is 2.29. The fourth-order valence-electron chi connectivity index (χ4n) is 3.23. The van der Waals surface area contributed by atoms with Crippen molar-refractivity contribution in [1.82, 2.24) is 14.8 Å². The smallest absolute Gasteiger partial charge is 0.255 e. The maximum absolute atomic E-state index is 12.6. The first-order valence-corrected chi connectivity index (χ1v) is 10.3. The number of hydrogen-bond acceptors (Lipinski definition) is 4. The molecule has 0 spiro atoms. The standard InChI is InChI=1S/C24H22ClN5O/c1-17(19-5-3-2-4-6-19)28-23-12-11-21(13-22(23)25)29-24(31)20-9-7-18(8-10-20)14-30-16-26-15-27-30/h2-13,15-17,28H,14H2,1H3,(H,29,31). The lowest BCUT2D eigenvalue weighted by Gasteiger charge is -2.17. The fraction of sp³-hybridized carbons (Fsp3) is 0.125. The van der Waals surface area contributed by atoms with Gasteiger partial charge in [0.1, 0.15) is 12.7 Å². The minimum absolute atomic E-state index is 0.107. The molecule has 4 rings (SSSR count). The monoisotopic (exact) mass is 431 g/mol. The Balaban J connectivity index is 1.38. The third-order valence-electron chi connectivity index (χ3n) is 4.93. The van der Waals surface area contributed by atoms with Crippen LogP contribution in [0.1, 0.15) is 34.5 Å². The van der Waals surface area contributed by atoms with Gasteiger partial charge in [0.15, 0.2) is 0 Å². The van der Waals surface area contributed by atoms with Crippen molar-refractivity contribution in [2.45, 2.75) is 19.5 Å². The van der Waals surface area contributed by atoms with Gasteiger partial charge >= 0.3 is 0 Å². The Kier molecular flexibility index (Phi) is 6.29.